The first-order valence-electron chi connectivity index (χ1n) is 17.3. The maximum atomic E-state index is 12.9. The summed E-state index contributed by atoms with van der Waals surface area (Å²) >= 11 is 2.13. The van der Waals surface area contributed by atoms with Crippen LogP contribution in [0.5, 0.6) is 0 Å². The Bertz CT molecular complexity index is 1370. The molecule has 2 rings (SSSR count). The van der Waals surface area contributed by atoms with Gasteiger partial charge in [-0.1, -0.05) is 114 Å². The number of allylic oxidation sites excluding steroid dienone is 6. The van der Waals surface area contributed by atoms with E-state index in [0.29, 0.717) is 43.4 Å². The van der Waals surface area contributed by atoms with Crippen molar-refractivity contribution < 1.29 is 48.1 Å². The smallest absolute Gasteiger partial charge is 0.466 e. The summed E-state index contributed by atoms with van der Waals surface area (Å²) in [6.45, 7) is 8.04. The Morgan fingerprint density at radius 3 is 2.49 bits per heavy atom. The number of carbonyl (C=O) groups is 2. The van der Waals surface area contributed by atoms with Crippen LogP contribution in [0.2, 0.25) is 0 Å². The monoisotopic (exact) mass is 820 g/mol. The minimum absolute atomic E-state index is 0.0436. The van der Waals surface area contributed by atoms with E-state index in [1.54, 1.807) is 19.1 Å². The van der Waals surface area contributed by atoms with Crippen LogP contribution in [-0.2, 0) is 38.0 Å². The first-order valence-corrected chi connectivity index (χ1v) is 18.5. The van der Waals surface area contributed by atoms with E-state index < -0.39 is 25.5 Å². The molecule has 6 atom stereocenters. The van der Waals surface area contributed by atoms with Crippen molar-refractivity contribution in [3.05, 3.63) is 105 Å². The van der Waals surface area contributed by atoms with Gasteiger partial charge in [0.25, 0.3) is 0 Å². The molecule has 10 nitrogen and oxygen atoms in total. The van der Waals surface area contributed by atoms with Crippen molar-refractivity contribution in [3.8, 4) is 0 Å². The summed E-state index contributed by atoms with van der Waals surface area (Å²) in [5.74, 6) is 0.438. The van der Waals surface area contributed by atoms with Crippen molar-refractivity contribution in [2.24, 2.45) is 11.8 Å². The second kappa shape index (κ2) is 25.2. The average molecular weight is 821 g/mol. The van der Waals surface area contributed by atoms with Gasteiger partial charge in [0.2, 0.25) is 0 Å². The van der Waals surface area contributed by atoms with Crippen LogP contribution < -0.4 is 0 Å². The van der Waals surface area contributed by atoms with E-state index >= 15 is 0 Å². The van der Waals surface area contributed by atoms with E-state index in [1.807, 2.05) is 85.6 Å². The Labute approximate surface area is 317 Å². The van der Waals surface area contributed by atoms with Gasteiger partial charge in [0.1, 0.15) is 6.79 Å². The summed E-state index contributed by atoms with van der Waals surface area (Å²) in [5, 5.41) is 18.1. The van der Waals surface area contributed by atoms with E-state index in [4.69, 9.17) is 38.5 Å². The average Bonchev–Trinajstić information content (AvgIpc) is 3.11. The highest BCUT2D eigenvalue weighted by Crippen LogP contribution is 2.32. The molecular weight excluding hydrogens is 766 g/mol. The maximum Gasteiger partial charge on any atom is 0.480 e. The van der Waals surface area contributed by atoms with Gasteiger partial charge in [-0.15, -0.1) is 0 Å². The lowest BCUT2D eigenvalue weighted by atomic mass is 9.91. The molecule has 1 aromatic carbocycles. The fraction of sp³-hybridized carbons (Fsp3) is 0.487. The largest absolute Gasteiger partial charge is 0.480 e. The summed E-state index contributed by atoms with van der Waals surface area (Å²) in [4.78, 5) is 25.5. The summed E-state index contributed by atoms with van der Waals surface area (Å²) < 4.78 is 36.0. The SMILES string of the molecule is COCO[C@@H](/C(=C/CCC[C@@H](C)OC(=O)/C(C)=C\CC[C@@H]1CO[C@@H](c2ccccc2)O[C@H]1/C=C/C(C)=C/C=C/B(O)O)C(=O)OC)[C@@H](C)/C=C/I. The highest BCUT2D eigenvalue weighted by molar-refractivity contribution is 14.1. The molecule has 0 saturated carbocycles. The summed E-state index contributed by atoms with van der Waals surface area (Å²) in [7, 11) is 1.38. The van der Waals surface area contributed by atoms with Gasteiger partial charge in [-0.3, -0.25) is 0 Å². The maximum absolute atomic E-state index is 12.9. The molecule has 1 saturated heterocycles. The minimum atomic E-state index is -1.50. The Kier molecular flexibility index (Phi) is 21.9. The molecule has 0 amide bonds. The third-order valence-corrected chi connectivity index (χ3v) is 8.63. The zero-order valence-electron chi connectivity index (χ0n) is 30.6. The molecule has 1 aliphatic heterocycles. The van der Waals surface area contributed by atoms with E-state index in [1.165, 1.54) is 20.2 Å². The number of halogens is 1. The van der Waals surface area contributed by atoms with E-state index in [2.05, 4.69) is 22.6 Å². The topological polar surface area (TPSA) is 130 Å². The molecule has 0 aromatic heterocycles. The molecule has 1 aliphatic rings. The number of unbranched alkanes of at least 4 members (excludes halogenated alkanes) is 1. The number of ether oxygens (including phenoxy) is 6. The third kappa shape index (κ3) is 17.0. The first kappa shape index (κ1) is 44.3. The number of methoxy groups -OCH3 is 2. The van der Waals surface area contributed by atoms with Gasteiger partial charge >= 0.3 is 19.1 Å². The van der Waals surface area contributed by atoms with Crippen molar-refractivity contribution in [1.29, 1.82) is 0 Å². The first-order chi connectivity index (χ1) is 24.5. The molecule has 0 bridgehead atoms. The lowest BCUT2D eigenvalue weighted by molar-refractivity contribution is -0.229. The van der Waals surface area contributed by atoms with E-state index in [0.717, 1.165) is 17.6 Å². The molecule has 1 aromatic rings. The Morgan fingerprint density at radius 1 is 1.08 bits per heavy atom. The predicted molar refractivity (Wildman–Crippen MR) is 207 cm³/mol. The van der Waals surface area contributed by atoms with Gasteiger partial charge in [0, 0.05) is 30.1 Å². The molecule has 0 radical (unpaired) electrons. The molecule has 0 unspecified atom stereocenters. The Morgan fingerprint density at radius 2 is 1.82 bits per heavy atom. The van der Waals surface area contributed by atoms with Crippen LogP contribution in [0, 0.1) is 11.8 Å². The molecule has 1 fully saturated rings. The number of carbonyl (C=O) groups excluding carboxylic acids is 2. The number of benzene rings is 1. The molecule has 1 heterocycles. The van der Waals surface area contributed by atoms with Gasteiger partial charge in [-0.2, -0.15) is 0 Å². The molecular formula is C39H54BIO10. The van der Waals surface area contributed by atoms with Crippen LogP contribution in [0.15, 0.2) is 99.6 Å². The van der Waals surface area contributed by atoms with Crippen LogP contribution >= 0.6 is 22.6 Å². The lowest BCUT2D eigenvalue weighted by Gasteiger charge is -2.35. The van der Waals surface area contributed by atoms with Crippen LogP contribution in [0.1, 0.15) is 71.7 Å². The van der Waals surface area contributed by atoms with Crippen LogP contribution in [0.25, 0.3) is 0 Å². The molecule has 0 aliphatic carbocycles. The van der Waals surface area contributed by atoms with E-state index in [9.17, 15) is 9.59 Å². The van der Waals surface area contributed by atoms with Crippen LogP contribution in [0.4, 0.5) is 0 Å². The number of esters is 2. The fourth-order valence-corrected chi connectivity index (χ4v) is 6.01. The number of hydrogen-bond donors (Lipinski definition) is 2. The lowest BCUT2D eigenvalue weighted by Crippen LogP contribution is -2.35. The second-order valence-electron chi connectivity index (χ2n) is 12.4. The van der Waals surface area contributed by atoms with Crippen LogP contribution in [-0.4, -0.2) is 75.0 Å². The van der Waals surface area contributed by atoms with Gasteiger partial charge in [-0.25, -0.2) is 9.59 Å². The quantitative estimate of drug-likeness (QED) is 0.0248. The van der Waals surface area contributed by atoms with Gasteiger partial charge < -0.3 is 38.5 Å². The number of hydrogen-bond acceptors (Lipinski definition) is 10. The van der Waals surface area contributed by atoms with Crippen LogP contribution in [0.3, 0.4) is 0 Å². The normalized spacial score (nSPS) is 20.9. The van der Waals surface area contributed by atoms with Crippen molar-refractivity contribution in [2.45, 2.75) is 84.4 Å². The van der Waals surface area contributed by atoms with Gasteiger partial charge in [0.15, 0.2) is 6.29 Å². The molecule has 12 heteroatoms. The highest BCUT2D eigenvalue weighted by atomic mass is 127. The number of rotatable bonds is 21. The fourth-order valence-electron chi connectivity index (χ4n) is 5.35. The second-order valence-corrected chi connectivity index (χ2v) is 13.2. The van der Waals surface area contributed by atoms with Crippen molar-refractivity contribution in [3.63, 3.8) is 0 Å². The predicted octanol–water partition coefficient (Wildman–Crippen LogP) is 7.29. The van der Waals surface area contributed by atoms with E-state index in [-0.39, 0.29) is 36.8 Å². The minimum Gasteiger partial charge on any atom is -0.466 e. The Hall–Kier alpha value is -2.85. The molecule has 0 spiro atoms. The van der Waals surface area contributed by atoms with Crippen molar-refractivity contribution in [2.75, 3.05) is 27.6 Å². The van der Waals surface area contributed by atoms with Gasteiger partial charge in [0.05, 0.1) is 37.6 Å². The molecule has 51 heavy (non-hydrogen) atoms. The molecule has 280 valence electrons. The molecule has 2 N–H and O–H groups in total. The summed E-state index contributed by atoms with van der Waals surface area (Å²) in [6.07, 6.45) is 14.7. The zero-order chi connectivity index (χ0) is 37.6. The van der Waals surface area contributed by atoms with Crippen molar-refractivity contribution in [1.82, 2.24) is 0 Å². The van der Waals surface area contributed by atoms with Gasteiger partial charge in [-0.05, 0) is 57.0 Å². The standard InChI is InChI=1S/C39H54BIO10/c1-28(14-13-24-40(44)45)21-22-35-33(26-48-39(51-35)32-17-8-7-9-18-32)19-12-15-30(3)37(42)50-31(4)16-10-11-20-34(38(43)47-6)36(49-27-46-5)29(2)23-25-41/h7-9,13-15,17-18,20-25,29,31,33,35-36,39,44-45H,10-12,16,19,26-27H2,1-6H3/b22-21+,24-13+,25-23+,28-14+,30-15-,34-20-/t29-,31+,33+,35-,36+,39+/m0/s1. The third-order valence-electron chi connectivity index (χ3n) is 8.21. The summed E-state index contributed by atoms with van der Waals surface area (Å²) in [5.41, 5.74) is 2.83. The highest BCUT2D eigenvalue weighted by Gasteiger charge is 2.31. The van der Waals surface area contributed by atoms with Crippen molar-refractivity contribution >= 4 is 41.6 Å². The zero-order valence-corrected chi connectivity index (χ0v) is 32.8. The summed E-state index contributed by atoms with van der Waals surface area (Å²) in [6, 6.07) is 9.78. The Balaban J connectivity index is 1.97.